The molecule has 0 N–H and O–H groups in total. The molecule has 0 saturated heterocycles. The third-order valence-electron chi connectivity index (χ3n) is 2.82. The number of hydrogen-bond donors (Lipinski definition) is 0. The Morgan fingerprint density at radius 3 is 2.26 bits per heavy atom. The average Bonchev–Trinajstić information content (AvgIpc) is 2.48. The molecule has 0 heterocycles. The number of allylic oxidation sites excluding steroid dienone is 4. The van der Waals surface area contributed by atoms with Crippen molar-refractivity contribution in [1.82, 2.24) is 0 Å². The Kier molecular flexibility index (Phi) is 6.11. The molecule has 0 aliphatic carbocycles. The van der Waals surface area contributed by atoms with Gasteiger partial charge in [0.1, 0.15) is 0 Å². The van der Waals surface area contributed by atoms with E-state index >= 15 is 0 Å². The molecule has 2 rings (SSSR count). The molecule has 2 aromatic carbocycles. The second kappa shape index (κ2) is 7.88. The van der Waals surface area contributed by atoms with E-state index in [-0.39, 0.29) is 0 Å². The van der Waals surface area contributed by atoms with Crippen LogP contribution in [0.15, 0.2) is 92.6 Å². The minimum atomic E-state index is 0.903. The van der Waals surface area contributed by atoms with Crippen molar-refractivity contribution in [2.45, 2.75) is 6.42 Å². The summed E-state index contributed by atoms with van der Waals surface area (Å²) in [5.74, 6) is 0. The Labute approximate surface area is 116 Å². The molecule has 0 aromatic heterocycles. The van der Waals surface area contributed by atoms with Crippen LogP contribution >= 0.6 is 0 Å². The lowest BCUT2D eigenvalue weighted by molar-refractivity contribution is 1.21. The fourth-order valence-corrected chi connectivity index (χ4v) is 1.93. The van der Waals surface area contributed by atoms with Crippen LogP contribution in [-0.4, -0.2) is 0 Å². The van der Waals surface area contributed by atoms with Crippen LogP contribution in [0.25, 0.3) is 10.8 Å². The highest BCUT2D eigenvalue weighted by Gasteiger charge is 1.98. The van der Waals surface area contributed by atoms with Crippen LogP contribution in [-0.2, 0) is 6.42 Å². The van der Waals surface area contributed by atoms with E-state index in [4.69, 9.17) is 0 Å². The quantitative estimate of drug-likeness (QED) is 0.496. The summed E-state index contributed by atoms with van der Waals surface area (Å²) in [5.41, 5.74) is 2.49. The number of rotatable bonds is 4. The molecular formula is C19H20. The first-order valence-corrected chi connectivity index (χ1v) is 6.25. The second-order valence-corrected chi connectivity index (χ2v) is 4.04. The lowest BCUT2D eigenvalue weighted by Crippen LogP contribution is -1.87. The fourth-order valence-electron chi connectivity index (χ4n) is 1.93. The second-order valence-electron chi connectivity index (χ2n) is 4.04. The van der Waals surface area contributed by atoms with E-state index in [1.165, 1.54) is 21.9 Å². The van der Waals surface area contributed by atoms with Crippen LogP contribution in [0.3, 0.4) is 0 Å². The molecule has 19 heavy (non-hydrogen) atoms. The van der Waals surface area contributed by atoms with Gasteiger partial charge in [0.15, 0.2) is 0 Å². The van der Waals surface area contributed by atoms with Gasteiger partial charge in [-0.2, -0.15) is 0 Å². The normalized spacial score (nSPS) is 10.4. The first kappa shape index (κ1) is 14.7. The molecular weight excluding hydrogens is 228 g/mol. The van der Waals surface area contributed by atoms with Gasteiger partial charge in [0.25, 0.3) is 0 Å². The van der Waals surface area contributed by atoms with E-state index in [0.717, 1.165) is 6.42 Å². The molecule has 2 aromatic rings. The van der Waals surface area contributed by atoms with E-state index in [1.807, 2.05) is 12.2 Å². The van der Waals surface area contributed by atoms with Gasteiger partial charge < -0.3 is 0 Å². The van der Waals surface area contributed by atoms with Crippen LogP contribution in [0.1, 0.15) is 5.56 Å². The van der Waals surface area contributed by atoms with Crippen molar-refractivity contribution in [3.05, 3.63) is 98.1 Å². The van der Waals surface area contributed by atoms with Gasteiger partial charge in [0, 0.05) is 0 Å². The Bertz CT molecular complexity index is 588. The summed E-state index contributed by atoms with van der Waals surface area (Å²) < 4.78 is 0. The van der Waals surface area contributed by atoms with E-state index in [0.29, 0.717) is 0 Å². The molecule has 0 atom stereocenters. The molecule has 0 bridgehead atoms. The van der Waals surface area contributed by atoms with Gasteiger partial charge in [0.05, 0.1) is 0 Å². The maximum atomic E-state index is 3.82. The Morgan fingerprint density at radius 2 is 1.63 bits per heavy atom. The summed E-state index contributed by atoms with van der Waals surface area (Å²) in [6, 6.07) is 15.0. The molecule has 0 saturated carbocycles. The molecule has 0 aliphatic rings. The summed E-state index contributed by atoms with van der Waals surface area (Å²) in [5, 5.41) is 2.57. The number of benzene rings is 2. The summed E-state index contributed by atoms with van der Waals surface area (Å²) in [7, 11) is 0. The van der Waals surface area contributed by atoms with Crippen molar-refractivity contribution in [2.75, 3.05) is 0 Å². The van der Waals surface area contributed by atoms with Crippen molar-refractivity contribution < 1.29 is 0 Å². The van der Waals surface area contributed by atoms with Crippen molar-refractivity contribution in [1.29, 1.82) is 0 Å². The minimum Gasteiger partial charge on any atom is -0.106 e. The van der Waals surface area contributed by atoms with Crippen LogP contribution in [0, 0.1) is 0 Å². The van der Waals surface area contributed by atoms with E-state index in [1.54, 1.807) is 6.08 Å². The summed E-state index contributed by atoms with van der Waals surface area (Å²) in [4.78, 5) is 0. The molecule has 0 heteroatoms. The molecule has 0 radical (unpaired) electrons. The lowest BCUT2D eigenvalue weighted by atomic mass is 10.0. The molecule has 96 valence electrons. The minimum absolute atomic E-state index is 0.903. The third kappa shape index (κ3) is 4.11. The molecule has 0 spiro atoms. The topological polar surface area (TPSA) is 0 Å². The summed E-state index contributed by atoms with van der Waals surface area (Å²) >= 11 is 0. The zero-order valence-corrected chi connectivity index (χ0v) is 11.3. The predicted octanol–water partition coefficient (Wildman–Crippen LogP) is 5.48. The fraction of sp³-hybridized carbons (Fsp3) is 0.0526. The van der Waals surface area contributed by atoms with Gasteiger partial charge >= 0.3 is 0 Å². The van der Waals surface area contributed by atoms with E-state index < -0.39 is 0 Å². The van der Waals surface area contributed by atoms with Crippen molar-refractivity contribution in [3.8, 4) is 0 Å². The Morgan fingerprint density at radius 1 is 0.947 bits per heavy atom. The highest BCUT2D eigenvalue weighted by atomic mass is 14.0. The maximum absolute atomic E-state index is 3.82. The molecule has 0 aliphatic heterocycles. The summed E-state index contributed by atoms with van der Waals surface area (Å²) in [6.07, 6.45) is 6.59. The standard InChI is InChI=1S/C17H16.C2H4/c1-3-7-14(4-2)12-15-10-11-16-8-5-6-9-17(16)13-15;1-2/h3-11,13H,1-2,12H2;1-2H2/b14-7+;. The van der Waals surface area contributed by atoms with Gasteiger partial charge in [0.2, 0.25) is 0 Å². The van der Waals surface area contributed by atoms with Gasteiger partial charge in [-0.15, -0.1) is 13.2 Å². The van der Waals surface area contributed by atoms with Crippen LogP contribution in [0.2, 0.25) is 0 Å². The van der Waals surface area contributed by atoms with Gasteiger partial charge in [-0.25, -0.2) is 0 Å². The van der Waals surface area contributed by atoms with Crippen LogP contribution in [0.5, 0.6) is 0 Å². The smallest absolute Gasteiger partial charge is 0.00258 e. The van der Waals surface area contributed by atoms with Gasteiger partial charge in [-0.1, -0.05) is 73.9 Å². The van der Waals surface area contributed by atoms with Gasteiger partial charge in [-0.3, -0.25) is 0 Å². The highest BCUT2D eigenvalue weighted by molar-refractivity contribution is 5.83. The number of fused-ring (bicyclic) bond motifs is 1. The molecule has 0 amide bonds. The number of hydrogen-bond acceptors (Lipinski definition) is 0. The van der Waals surface area contributed by atoms with E-state index in [2.05, 4.69) is 68.8 Å². The molecule has 0 fully saturated rings. The predicted molar refractivity (Wildman–Crippen MR) is 87.4 cm³/mol. The Hall–Kier alpha value is -2.34. The van der Waals surface area contributed by atoms with Gasteiger partial charge in [-0.05, 0) is 28.3 Å². The van der Waals surface area contributed by atoms with Crippen molar-refractivity contribution in [2.24, 2.45) is 0 Å². The van der Waals surface area contributed by atoms with Crippen LogP contribution < -0.4 is 0 Å². The third-order valence-corrected chi connectivity index (χ3v) is 2.82. The monoisotopic (exact) mass is 248 g/mol. The van der Waals surface area contributed by atoms with Crippen LogP contribution in [0.4, 0.5) is 0 Å². The first-order chi connectivity index (χ1) is 9.33. The van der Waals surface area contributed by atoms with E-state index in [9.17, 15) is 0 Å². The summed E-state index contributed by atoms with van der Waals surface area (Å²) in [6.45, 7) is 13.5. The first-order valence-electron chi connectivity index (χ1n) is 6.25. The lowest BCUT2D eigenvalue weighted by Gasteiger charge is -2.04. The zero-order chi connectivity index (χ0) is 14.1. The van der Waals surface area contributed by atoms with Crippen molar-refractivity contribution in [3.63, 3.8) is 0 Å². The maximum Gasteiger partial charge on any atom is -0.00258 e. The SMILES string of the molecule is C=C.C=C/C=C(\C=C)Cc1ccc2ccccc2c1. The molecule has 0 unspecified atom stereocenters. The Balaban J connectivity index is 0.000000861. The molecule has 0 nitrogen and oxygen atoms in total. The van der Waals surface area contributed by atoms with Crippen molar-refractivity contribution >= 4 is 10.8 Å². The largest absolute Gasteiger partial charge is 0.106 e. The zero-order valence-electron chi connectivity index (χ0n) is 11.3. The highest BCUT2D eigenvalue weighted by Crippen LogP contribution is 2.18. The average molecular weight is 248 g/mol.